The summed E-state index contributed by atoms with van der Waals surface area (Å²) < 4.78 is 33.3. The zero-order valence-electron chi connectivity index (χ0n) is 11.3. The Morgan fingerprint density at radius 1 is 1.15 bits per heavy atom. The summed E-state index contributed by atoms with van der Waals surface area (Å²) in [4.78, 5) is 0. The second-order valence-corrected chi connectivity index (χ2v) is 5.75. The molecule has 0 aliphatic heterocycles. The highest BCUT2D eigenvalue weighted by Gasteiger charge is 2.11. The van der Waals surface area contributed by atoms with E-state index in [9.17, 15) is 8.78 Å². The maximum Gasteiger partial charge on any atom is 0.165 e. The quantitative estimate of drug-likeness (QED) is 0.721. The van der Waals surface area contributed by atoms with Crippen molar-refractivity contribution < 1.29 is 13.5 Å². The first-order valence-corrected chi connectivity index (χ1v) is 7.13. The van der Waals surface area contributed by atoms with Crippen LogP contribution in [0, 0.1) is 11.6 Å². The van der Waals surface area contributed by atoms with E-state index in [0.29, 0.717) is 5.75 Å². The summed E-state index contributed by atoms with van der Waals surface area (Å²) in [7, 11) is 0. The maximum atomic E-state index is 13.6. The van der Waals surface area contributed by atoms with E-state index in [2.05, 4.69) is 29.8 Å². The molecule has 20 heavy (non-hydrogen) atoms. The Morgan fingerprint density at radius 3 is 2.60 bits per heavy atom. The lowest BCUT2D eigenvalue weighted by Crippen LogP contribution is -2.03. The summed E-state index contributed by atoms with van der Waals surface area (Å²) in [6.45, 7) is 4.11. The number of halogens is 3. The predicted molar refractivity (Wildman–Crippen MR) is 78.9 cm³/mol. The fraction of sp³-hybridized carbons (Fsp3) is 0.250. The molecule has 1 nitrogen and oxygen atoms in total. The number of rotatable bonds is 4. The first-order chi connectivity index (χ1) is 9.49. The van der Waals surface area contributed by atoms with Crippen LogP contribution >= 0.6 is 15.9 Å². The smallest absolute Gasteiger partial charge is 0.165 e. The molecule has 0 amide bonds. The van der Waals surface area contributed by atoms with Crippen LogP contribution in [0.3, 0.4) is 0 Å². The van der Waals surface area contributed by atoms with Gasteiger partial charge < -0.3 is 4.74 Å². The molecular formula is C16H15BrF2O. The van der Waals surface area contributed by atoms with E-state index in [4.69, 9.17) is 4.74 Å². The summed E-state index contributed by atoms with van der Waals surface area (Å²) in [5.74, 6) is -0.742. The Hall–Kier alpha value is -1.42. The molecule has 0 atom stereocenters. The minimum Gasteiger partial charge on any atom is -0.489 e. The van der Waals surface area contributed by atoms with Gasteiger partial charge in [-0.25, -0.2) is 8.78 Å². The molecule has 0 aliphatic rings. The molecule has 0 N–H and O–H groups in total. The third kappa shape index (κ3) is 3.37. The fourth-order valence-electron chi connectivity index (χ4n) is 1.92. The van der Waals surface area contributed by atoms with Crippen molar-refractivity contribution in [2.24, 2.45) is 0 Å². The lowest BCUT2D eigenvalue weighted by Gasteiger charge is -2.15. The number of hydrogen-bond acceptors (Lipinski definition) is 1. The van der Waals surface area contributed by atoms with Crippen LogP contribution in [-0.2, 0) is 6.61 Å². The second kappa shape index (κ2) is 6.35. The molecule has 0 saturated heterocycles. The van der Waals surface area contributed by atoms with Gasteiger partial charge >= 0.3 is 0 Å². The largest absolute Gasteiger partial charge is 0.489 e. The molecule has 2 aromatic carbocycles. The van der Waals surface area contributed by atoms with E-state index in [0.717, 1.165) is 16.1 Å². The average molecular weight is 341 g/mol. The second-order valence-electron chi connectivity index (χ2n) is 4.84. The highest BCUT2D eigenvalue weighted by Crippen LogP contribution is 2.30. The van der Waals surface area contributed by atoms with Gasteiger partial charge in [0.15, 0.2) is 11.6 Å². The average Bonchev–Trinajstić information content (AvgIpc) is 2.41. The minimum atomic E-state index is -0.856. The molecule has 0 aliphatic carbocycles. The molecule has 0 radical (unpaired) electrons. The van der Waals surface area contributed by atoms with E-state index in [-0.39, 0.29) is 18.1 Å². The zero-order valence-corrected chi connectivity index (χ0v) is 12.9. The molecule has 0 saturated carbocycles. The molecule has 0 fully saturated rings. The SMILES string of the molecule is CC(C)c1cc(Br)ccc1OCc1cccc(F)c1F. The van der Waals surface area contributed by atoms with Crippen molar-refractivity contribution in [2.75, 3.05) is 0 Å². The van der Waals surface area contributed by atoms with Crippen molar-refractivity contribution in [3.63, 3.8) is 0 Å². The summed E-state index contributed by atoms with van der Waals surface area (Å²) in [6.07, 6.45) is 0. The summed E-state index contributed by atoms with van der Waals surface area (Å²) in [5, 5.41) is 0. The zero-order chi connectivity index (χ0) is 14.7. The van der Waals surface area contributed by atoms with Gasteiger partial charge in [0.1, 0.15) is 12.4 Å². The van der Waals surface area contributed by atoms with Crippen molar-refractivity contribution in [1.29, 1.82) is 0 Å². The van der Waals surface area contributed by atoms with Gasteiger partial charge in [0, 0.05) is 10.0 Å². The van der Waals surface area contributed by atoms with Crippen LogP contribution in [0.4, 0.5) is 8.78 Å². The van der Waals surface area contributed by atoms with Crippen LogP contribution in [0.2, 0.25) is 0 Å². The van der Waals surface area contributed by atoms with E-state index in [1.165, 1.54) is 12.1 Å². The molecule has 0 aromatic heterocycles. The summed E-state index contributed by atoms with van der Waals surface area (Å²) in [5.41, 5.74) is 1.24. The van der Waals surface area contributed by atoms with Gasteiger partial charge in [-0.3, -0.25) is 0 Å². The predicted octanol–water partition coefficient (Wildman–Crippen LogP) is 5.43. The van der Waals surface area contributed by atoms with Gasteiger partial charge in [0.05, 0.1) is 0 Å². The lowest BCUT2D eigenvalue weighted by atomic mass is 10.0. The summed E-state index contributed by atoms with van der Waals surface area (Å²) in [6, 6.07) is 9.76. The molecular weight excluding hydrogens is 326 g/mol. The van der Waals surface area contributed by atoms with Crippen LogP contribution in [0.1, 0.15) is 30.9 Å². The van der Waals surface area contributed by atoms with Crippen molar-refractivity contribution in [3.8, 4) is 5.75 Å². The van der Waals surface area contributed by atoms with Crippen molar-refractivity contribution in [2.45, 2.75) is 26.4 Å². The van der Waals surface area contributed by atoms with Crippen LogP contribution < -0.4 is 4.74 Å². The third-order valence-corrected chi connectivity index (χ3v) is 3.50. The van der Waals surface area contributed by atoms with Crippen molar-refractivity contribution >= 4 is 15.9 Å². The van der Waals surface area contributed by atoms with Crippen LogP contribution in [0.15, 0.2) is 40.9 Å². The fourth-order valence-corrected chi connectivity index (χ4v) is 2.30. The topological polar surface area (TPSA) is 9.23 Å². The Morgan fingerprint density at radius 2 is 1.90 bits per heavy atom. The summed E-state index contributed by atoms with van der Waals surface area (Å²) >= 11 is 3.42. The van der Waals surface area contributed by atoms with Crippen LogP contribution in [-0.4, -0.2) is 0 Å². The van der Waals surface area contributed by atoms with Crippen LogP contribution in [0.25, 0.3) is 0 Å². The molecule has 0 heterocycles. The van der Waals surface area contributed by atoms with Gasteiger partial charge in [-0.15, -0.1) is 0 Å². The van der Waals surface area contributed by atoms with Gasteiger partial charge in [-0.05, 0) is 35.7 Å². The van der Waals surface area contributed by atoms with Crippen LogP contribution in [0.5, 0.6) is 5.75 Å². The number of ether oxygens (including phenoxy) is 1. The Balaban J connectivity index is 2.21. The van der Waals surface area contributed by atoms with Gasteiger partial charge in [-0.2, -0.15) is 0 Å². The first-order valence-electron chi connectivity index (χ1n) is 6.34. The number of benzene rings is 2. The molecule has 0 unspecified atom stereocenters. The number of hydrogen-bond donors (Lipinski definition) is 0. The normalized spacial score (nSPS) is 10.9. The van der Waals surface area contributed by atoms with Gasteiger partial charge in [0.25, 0.3) is 0 Å². The molecule has 0 spiro atoms. The highest BCUT2D eigenvalue weighted by atomic mass is 79.9. The molecule has 0 bridgehead atoms. The van der Waals surface area contributed by atoms with E-state index < -0.39 is 11.6 Å². The van der Waals surface area contributed by atoms with Crippen molar-refractivity contribution in [1.82, 2.24) is 0 Å². The molecule has 106 valence electrons. The van der Waals surface area contributed by atoms with Gasteiger partial charge in [-0.1, -0.05) is 41.9 Å². The highest BCUT2D eigenvalue weighted by molar-refractivity contribution is 9.10. The maximum absolute atomic E-state index is 13.6. The Labute approximate surface area is 125 Å². The van der Waals surface area contributed by atoms with Gasteiger partial charge in [0.2, 0.25) is 0 Å². The van der Waals surface area contributed by atoms with E-state index >= 15 is 0 Å². The standard InChI is InChI=1S/C16H15BrF2O/c1-10(2)13-8-12(17)6-7-15(13)20-9-11-4-3-5-14(18)16(11)19/h3-8,10H,9H2,1-2H3. The lowest BCUT2D eigenvalue weighted by molar-refractivity contribution is 0.293. The molecule has 2 rings (SSSR count). The third-order valence-electron chi connectivity index (χ3n) is 3.01. The Bertz CT molecular complexity index is 611. The van der Waals surface area contributed by atoms with E-state index in [1.54, 1.807) is 0 Å². The van der Waals surface area contributed by atoms with Crippen molar-refractivity contribution in [3.05, 3.63) is 63.6 Å². The monoisotopic (exact) mass is 340 g/mol. The van der Waals surface area contributed by atoms with E-state index in [1.807, 2.05) is 18.2 Å². The molecule has 4 heteroatoms. The Kier molecular flexibility index (Phi) is 4.76. The molecule has 2 aromatic rings. The minimum absolute atomic E-state index is 0.00491. The first kappa shape index (κ1) is 15.0.